The van der Waals surface area contributed by atoms with Gasteiger partial charge in [0.25, 0.3) is 5.82 Å². The summed E-state index contributed by atoms with van der Waals surface area (Å²) in [5.41, 5.74) is 1.33. The van der Waals surface area contributed by atoms with Crippen LogP contribution in [0.3, 0.4) is 0 Å². The molecule has 0 radical (unpaired) electrons. The van der Waals surface area contributed by atoms with Crippen LogP contribution in [0.15, 0.2) is 63.8 Å². The maximum atomic E-state index is 11.1. The Hall–Kier alpha value is -2.01. The second-order valence-electron chi connectivity index (χ2n) is 4.91. The summed E-state index contributed by atoms with van der Waals surface area (Å²) in [7, 11) is -0.0732. The van der Waals surface area contributed by atoms with Gasteiger partial charge in [-0.3, -0.25) is 0 Å². The van der Waals surface area contributed by atoms with E-state index in [4.69, 9.17) is 10.0 Å². The fourth-order valence-electron chi connectivity index (χ4n) is 1.80. The smallest absolute Gasteiger partial charge is 0.463 e. The van der Waals surface area contributed by atoms with Crippen LogP contribution in [-0.2, 0) is 4.74 Å². The maximum Gasteiger partial charge on any atom is 0.488 e. The third-order valence-electron chi connectivity index (χ3n) is 3.12. The van der Waals surface area contributed by atoms with Crippen molar-refractivity contribution in [1.82, 2.24) is 14.8 Å². The zero-order valence-corrected chi connectivity index (χ0v) is 16.8. The molecule has 3 rings (SSSR count). The molecule has 0 unspecified atom stereocenters. The number of halogens is 2. The molecular weight excluding hydrogens is 469 g/mol. The van der Waals surface area contributed by atoms with Gasteiger partial charge in [-0.2, -0.15) is 0 Å². The molecule has 0 aliphatic carbocycles. The van der Waals surface area contributed by atoms with Crippen molar-refractivity contribution < 1.29 is 19.6 Å². The number of esters is 1. The molecule has 26 heavy (non-hydrogen) atoms. The lowest BCUT2D eigenvalue weighted by Gasteiger charge is -1.99. The molecule has 1 heterocycles. The zero-order chi connectivity index (χ0) is 19.1. The maximum absolute atomic E-state index is 11.1. The summed E-state index contributed by atoms with van der Waals surface area (Å²) in [4.78, 5) is 15.0. The minimum absolute atomic E-state index is 0.0467. The lowest BCUT2D eigenvalue weighted by atomic mass is 9.81. The van der Waals surface area contributed by atoms with E-state index in [1.54, 1.807) is 24.3 Å². The topological polar surface area (TPSA) is 97.5 Å². The Balaban J connectivity index is 0.000000209. The number of hydrogen-bond acceptors (Lipinski definition) is 6. The molecule has 0 amide bonds. The fraction of sp³-hybridized carbons (Fsp3) is 0.0625. The highest BCUT2D eigenvalue weighted by Gasteiger charge is 2.11. The van der Waals surface area contributed by atoms with E-state index in [9.17, 15) is 4.79 Å². The minimum Gasteiger partial charge on any atom is -0.463 e. The van der Waals surface area contributed by atoms with Gasteiger partial charge in [-0.1, -0.05) is 44.0 Å². The molecule has 7 nitrogen and oxygen atoms in total. The summed E-state index contributed by atoms with van der Waals surface area (Å²) in [6, 6.07) is 14.3. The average Bonchev–Trinajstić information content (AvgIpc) is 3.13. The highest BCUT2D eigenvalue weighted by Crippen LogP contribution is 2.13. The number of benzene rings is 2. The molecule has 0 aliphatic heterocycles. The Bertz CT molecular complexity index is 855. The van der Waals surface area contributed by atoms with E-state index >= 15 is 0 Å². The molecule has 0 bridgehead atoms. The molecule has 2 aromatic carbocycles. The Morgan fingerprint density at radius 3 is 2.08 bits per heavy atom. The predicted octanol–water partition coefficient (Wildman–Crippen LogP) is 1.95. The number of aromatic nitrogens is 3. The number of nitrogens with zero attached hydrogens (tertiary/aromatic N) is 3. The van der Waals surface area contributed by atoms with Gasteiger partial charge in [0.05, 0.1) is 12.8 Å². The summed E-state index contributed by atoms with van der Waals surface area (Å²) in [5, 5.41) is 21.3. The molecule has 0 saturated heterocycles. The Morgan fingerprint density at radius 1 is 1.04 bits per heavy atom. The fourth-order valence-corrected chi connectivity index (χ4v) is 2.33. The van der Waals surface area contributed by atoms with E-state index in [0.29, 0.717) is 5.46 Å². The van der Waals surface area contributed by atoms with E-state index in [-0.39, 0.29) is 5.82 Å². The summed E-state index contributed by atoms with van der Waals surface area (Å²) in [6.07, 6.45) is 1.47. The van der Waals surface area contributed by atoms with Crippen molar-refractivity contribution in [3.8, 4) is 5.69 Å². The molecule has 0 atom stereocenters. The van der Waals surface area contributed by atoms with Gasteiger partial charge in [0, 0.05) is 8.95 Å². The zero-order valence-electron chi connectivity index (χ0n) is 13.6. The van der Waals surface area contributed by atoms with Gasteiger partial charge in [-0.05, 0) is 41.9 Å². The summed E-state index contributed by atoms with van der Waals surface area (Å²) >= 11 is 6.57. The van der Waals surface area contributed by atoms with Crippen LogP contribution in [0.5, 0.6) is 0 Å². The first-order valence-corrected chi connectivity index (χ1v) is 8.87. The highest BCUT2D eigenvalue weighted by molar-refractivity contribution is 9.10. The van der Waals surface area contributed by atoms with Crippen LogP contribution in [0.2, 0.25) is 0 Å². The van der Waals surface area contributed by atoms with Gasteiger partial charge in [0.1, 0.15) is 6.33 Å². The molecule has 0 spiro atoms. The van der Waals surface area contributed by atoms with Crippen molar-refractivity contribution in [3.63, 3.8) is 0 Å². The summed E-state index contributed by atoms with van der Waals surface area (Å²) in [5.74, 6) is -0.499. The van der Waals surface area contributed by atoms with E-state index in [1.807, 2.05) is 24.3 Å². The van der Waals surface area contributed by atoms with E-state index < -0.39 is 13.1 Å². The second-order valence-corrected chi connectivity index (χ2v) is 6.74. The standard InChI is InChI=1S/C10H8BrN3O2.C6H6BBrO2/c1-16-10(15)9-12-6-14(13-9)8-4-2-7(11)3-5-8;8-6-3-1-5(2-4-6)7(9)10/h2-6H,1H3;1-4,9-10H. The van der Waals surface area contributed by atoms with Crippen LogP contribution in [0, 0.1) is 0 Å². The number of hydrogen-bond donors (Lipinski definition) is 2. The van der Waals surface area contributed by atoms with Crippen LogP contribution < -0.4 is 5.46 Å². The van der Waals surface area contributed by atoms with Gasteiger partial charge < -0.3 is 14.8 Å². The summed E-state index contributed by atoms with van der Waals surface area (Å²) in [6.45, 7) is 0. The van der Waals surface area contributed by atoms with Crippen LogP contribution in [0.1, 0.15) is 10.6 Å². The molecule has 1 aromatic heterocycles. The number of ether oxygens (including phenoxy) is 1. The van der Waals surface area contributed by atoms with Crippen molar-refractivity contribution in [2.24, 2.45) is 0 Å². The van der Waals surface area contributed by atoms with E-state index in [0.717, 1.165) is 14.6 Å². The molecule has 2 N–H and O–H groups in total. The molecule has 134 valence electrons. The first kappa shape index (κ1) is 20.3. The third kappa shape index (κ3) is 5.77. The quantitative estimate of drug-likeness (QED) is 0.437. The first-order valence-electron chi connectivity index (χ1n) is 7.28. The van der Waals surface area contributed by atoms with Gasteiger partial charge in [-0.15, -0.1) is 5.10 Å². The number of carbonyl (C=O) groups is 1. The molecular formula is C16H14BBr2N3O4. The van der Waals surface area contributed by atoms with Gasteiger partial charge in [0.2, 0.25) is 0 Å². The number of methoxy groups -OCH3 is 1. The van der Waals surface area contributed by atoms with Gasteiger partial charge in [-0.25, -0.2) is 14.5 Å². The molecule has 0 saturated carbocycles. The van der Waals surface area contributed by atoms with Gasteiger partial charge in [0.15, 0.2) is 0 Å². The Labute approximate surface area is 167 Å². The average molecular weight is 483 g/mol. The highest BCUT2D eigenvalue weighted by atomic mass is 79.9. The second kappa shape index (κ2) is 9.63. The number of carbonyl (C=O) groups excluding carboxylic acids is 1. The Morgan fingerprint density at radius 2 is 1.58 bits per heavy atom. The van der Waals surface area contributed by atoms with Crippen molar-refractivity contribution in [2.75, 3.05) is 7.11 Å². The predicted molar refractivity (Wildman–Crippen MR) is 104 cm³/mol. The Kier molecular flexibility index (Phi) is 7.52. The van der Waals surface area contributed by atoms with Crippen molar-refractivity contribution >= 4 is 50.4 Å². The van der Waals surface area contributed by atoms with Crippen molar-refractivity contribution in [1.29, 1.82) is 0 Å². The van der Waals surface area contributed by atoms with E-state index in [2.05, 4.69) is 46.7 Å². The van der Waals surface area contributed by atoms with Gasteiger partial charge >= 0.3 is 13.1 Å². The lowest BCUT2D eigenvalue weighted by molar-refractivity contribution is 0.0587. The first-order chi connectivity index (χ1) is 12.4. The monoisotopic (exact) mass is 481 g/mol. The largest absolute Gasteiger partial charge is 0.488 e. The van der Waals surface area contributed by atoms with Crippen LogP contribution in [0.4, 0.5) is 0 Å². The van der Waals surface area contributed by atoms with Crippen molar-refractivity contribution in [3.05, 3.63) is 69.6 Å². The molecule has 0 aliphatic rings. The number of rotatable bonds is 3. The van der Waals surface area contributed by atoms with Crippen molar-refractivity contribution in [2.45, 2.75) is 0 Å². The lowest BCUT2D eigenvalue weighted by Crippen LogP contribution is -2.29. The molecule has 0 fully saturated rings. The van der Waals surface area contributed by atoms with Crippen LogP contribution >= 0.6 is 31.9 Å². The third-order valence-corrected chi connectivity index (χ3v) is 4.18. The normalized spacial score (nSPS) is 9.88. The molecule has 10 heteroatoms. The van der Waals surface area contributed by atoms with Crippen LogP contribution in [-0.4, -0.2) is 45.0 Å². The SMILES string of the molecule is COC(=O)c1ncn(-c2ccc(Br)cc2)n1.OB(O)c1ccc(Br)cc1. The van der Waals surface area contributed by atoms with Crippen LogP contribution in [0.25, 0.3) is 5.69 Å². The molecule has 3 aromatic rings. The summed E-state index contributed by atoms with van der Waals surface area (Å²) < 4.78 is 7.94. The minimum atomic E-state index is -1.37. The van der Waals surface area contributed by atoms with E-state index in [1.165, 1.54) is 18.1 Å².